The molecule has 1 unspecified atom stereocenters. The van der Waals surface area contributed by atoms with Crippen LogP contribution in [0, 0.1) is 6.92 Å². The maximum absolute atomic E-state index is 5.96. The SMILES string of the molecule is Cc1cccc(N2CCN(C(CN)c3ccoc3)CC2)c1. The Morgan fingerprint density at radius 3 is 2.62 bits per heavy atom. The molecule has 1 saturated heterocycles. The van der Waals surface area contributed by atoms with Gasteiger partial charge in [-0.15, -0.1) is 0 Å². The molecule has 2 aromatic rings. The van der Waals surface area contributed by atoms with Crippen molar-refractivity contribution in [3.8, 4) is 0 Å². The van der Waals surface area contributed by atoms with Gasteiger partial charge in [-0.3, -0.25) is 4.90 Å². The summed E-state index contributed by atoms with van der Waals surface area (Å²) < 4.78 is 5.20. The highest BCUT2D eigenvalue weighted by atomic mass is 16.3. The first-order valence-electron chi connectivity index (χ1n) is 7.56. The van der Waals surface area contributed by atoms with Crippen LogP contribution in [0.3, 0.4) is 0 Å². The molecule has 4 nitrogen and oxygen atoms in total. The van der Waals surface area contributed by atoms with E-state index >= 15 is 0 Å². The molecular formula is C17H23N3O. The van der Waals surface area contributed by atoms with Crippen LogP contribution in [0.4, 0.5) is 5.69 Å². The summed E-state index contributed by atoms with van der Waals surface area (Å²) in [6.45, 7) is 6.91. The Labute approximate surface area is 126 Å². The molecule has 0 amide bonds. The molecule has 2 N–H and O–H groups in total. The van der Waals surface area contributed by atoms with Crippen molar-refractivity contribution < 1.29 is 4.42 Å². The number of nitrogens with zero attached hydrogens (tertiary/aromatic N) is 2. The molecule has 112 valence electrons. The summed E-state index contributed by atoms with van der Waals surface area (Å²) in [5, 5.41) is 0. The van der Waals surface area contributed by atoms with Gasteiger partial charge in [0, 0.05) is 44.0 Å². The van der Waals surface area contributed by atoms with E-state index in [2.05, 4.69) is 41.0 Å². The number of aryl methyl sites for hydroxylation is 1. The van der Waals surface area contributed by atoms with E-state index in [1.165, 1.54) is 16.8 Å². The van der Waals surface area contributed by atoms with Crippen molar-refractivity contribution in [1.29, 1.82) is 0 Å². The Morgan fingerprint density at radius 2 is 2.00 bits per heavy atom. The molecule has 1 fully saturated rings. The van der Waals surface area contributed by atoms with E-state index < -0.39 is 0 Å². The molecule has 1 aliphatic heterocycles. The van der Waals surface area contributed by atoms with Crippen LogP contribution in [0.2, 0.25) is 0 Å². The average molecular weight is 285 g/mol. The van der Waals surface area contributed by atoms with Gasteiger partial charge in [0.05, 0.1) is 18.6 Å². The molecule has 21 heavy (non-hydrogen) atoms. The number of rotatable bonds is 4. The maximum Gasteiger partial charge on any atom is 0.0950 e. The van der Waals surface area contributed by atoms with Crippen molar-refractivity contribution in [2.24, 2.45) is 5.73 Å². The Balaban J connectivity index is 1.64. The van der Waals surface area contributed by atoms with E-state index in [9.17, 15) is 0 Å². The third-order valence-electron chi connectivity index (χ3n) is 4.27. The Hall–Kier alpha value is -1.78. The highest BCUT2D eigenvalue weighted by Crippen LogP contribution is 2.24. The van der Waals surface area contributed by atoms with Crippen LogP contribution in [-0.4, -0.2) is 37.6 Å². The fourth-order valence-corrected chi connectivity index (χ4v) is 3.08. The van der Waals surface area contributed by atoms with Gasteiger partial charge in [-0.25, -0.2) is 0 Å². The van der Waals surface area contributed by atoms with Crippen LogP contribution in [0.5, 0.6) is 0 Å². The van der Waals surface area contributed by atoms with Crippen LogP contribution < -0.4 is 10.6 Å². The third kappa shape index (κ3) is 3.12. The highest BCUT2D eigenvalue weighted by Gasteiger charge is 2.24. The van der Waals surface area contributed by atoms with Gasteiger partial charge >= 0.3 is 0 Å². The lowest BCUT2D eigenvalue weighted by Gasteiger charge is -2.39. The maximum atomic E-state index is 5.96. The van der Waals surface area contributed by atoms with Crippen molar-refractivity contribution in [1.82, 2.24) is 4.90 Å². The lowest BCUT2D eigenvalue weighted by molar-refractivity contribution is 0.189. The number of piperazine rings is 1. The fourth-order valence-electron chi connectivity index (χ4n) is 3.08. The molecule has 0 radical (unpaired) electrons. The monoisotopic (exact) mass is 285 g/mol. The van der Waals surface area contributed by atoms with Gasteiger partial charge in [-0.05, 0) is 30.7 Å². The van der Waals surface area contributed by atoms with E-state index in [1.807, 2.05) is 12.3 Å². The summed E-state index contributed by atoms with van der Waals surface area (Å²) in [4.78, 5) is 4.91. The molecule has 0 aliphatic carbocycles. The van der Waals surface area contributed by atoms with Crippen LogP contribution in [0.15, 0.2) is 47.3 Å². The second kappa shape index (κ2) is 6.33. The molecular weight excluding hydrogens is 262 g/mol. The first-order valence-corrected chi connectivity index (χ1v) is 7.56. The summed E-state index contributed by atoms with van der Waals surface area (Å²) in [6.07, 6.45) is 3.53. The molecule has 1 atom stereocenters. The second-order valence-corrected chi connectivity index (χ2v) is 5.67. The van der Waals surface area contributed by atoms with Gasteiger partial charge in [-0.1, -0.05) is 12.1 Å². The van der Waals surface area contributed by atoms with Crippen LogP contribution in [-0.2, 0) is 0 Å². The number of furan rings is 1. The molecule has 1 aromatic heterocycles. The van der Waals surface area contributed by atoms with Crippen LogP contribution in [0.25, 0.3) is 0 Å². The smallest absolute Gasteiger partial charge is 0.0950 e. The Morgan fingerprint density at radius 1 is 1.19 bits per heavy atom. The van der Waals surface area contributed by atoms with E-state index in [1.54, 1.807) is 6.26 Å². The topological polar surface area (TPSA) is 45.6 Å². The Kier molecular flexibility index (Phi) is 4.27. The van der Waals surface area contributed by atoms with Gasteiger partial charge in [0.25, 0.3) is 0 Å². The summed E-state index contributed by atoms with van der Waals surface area (Å²) in [6, 6.07) is 11.0. The highest BCUT2D eigenvalue weighted by molar-refractivity contribution is 5.48. The summed E-state index contributed by atoms with van der Waals surface area (Å²) in [5.74, 6) is 0. The predicted molar refractivity (Wildman–Crippen MR) is 85.5 cm³/mol. The molecule has 3 rings (SSSR count). The van der Waals surface area contributed by atoms with Crippen molar-refractivity contribution >= 4 is 5.69 Å². The minimum Gasteiger partial charge on any atom is -0.472 e. The number of hydrogen-bond donors (Lipinski definition) is 1. The molecule has 4 heteroatoms. The average Bonchev–Trinajstić information content (AvgIpc) is 3.03. The standard InChI is InChI=1S/C17H23N3O/c1-14-3-2-4-16(11-14)19-6-8-20(9-7-19)17(12-18)15-5-10-21-13-15/h2-5,10-11,13,17H,6-9,12,18H2,1H3. The zero-order valence-corrected chi connectivity index (χ0v) is 12.5. The zero-order valence-electron chi connectivity index (χ0n) is 12.5. The van der Waals surface area contributed by atoms with Crippen molar-refractivity contribution in [2.75, 3.05) is 37.6 Å². The van der Waals surface area contributed by atoms with Gasteiger partial charge in [0.2, 0.25) is 0 Å². The molecule has 0 spiro atoms. The van der Waals surface area contributed by atoms with E-state index in [0.717, 1.165) is 26.2 Å². The van der Waals surface area contributed by atoms with Crippen LogP contribution in [0.1, 0.15) is 17.2 Å². The largest absolute Gasteiger partial charge is 0.472 e. The lowest BCUT2D eigenvalue weighted by Crippen LogP contribution is -2.49. The molecule has 0 saturated carbocycles. The summed E-state index contributed by atoms with van der Waals surface area (Å²) in [7, 11) is 0. The minimum atomic E-state index is 0.267. The third-order valence-corrected chi connectivity index (χ3v) is 4.27. The van der Waals surface area contributed by atoms with E-state index in [0.29, 0.717) is 6.54 Å². The fraction of sp³-hybridized carbons (Fsp3) is 0.412. The van der Waals surface area contributed by atoms with Crippen molar-refractivity contribution in [2.45, 2.75) is 13.0 Å². The molecule has 0 bridgehead atoms. The summed E-state index contributed by atoms with van der Waals surface area (Å²) in [5.41, 5.74) is 9.78. The van der Waals surface area contributed by atoms with Crippen LogP contribution >= 0.6 is 0 Å². The number of hydrogen-bond acceptors (Lipinski definition) is 4. The van der Waals surface area contributed by atoms with Gasteiger partial charge in [0.15, 0.2) is 0 Å². The normalized spacial score (nSPS) is 17.9. The zero-order chi connectivity index (χ0) is 14.7. The number of benzene rings is 1. The van der Waals surface area contributed by atoms with Crippen molar-refractivity contribution in [3.63, 3.8) is 0 Å². The van der Waals surface area contributed by atoms with E-state index in [-0.39, 0.29) is 6.04 Å². The quantitative estimate of drug-likeness (QED) is 0.937. The molecule has 1 aromatic carbocycles. The summed E-state index contributed by atoms with van der Waals surface area (Å²) >= 11 is 0. The van der Waals surface area contributed by atoms with Gasteiger partial charge < -0.3 is 15.1 Å². The molecule has 1 aliphatic rings. The van der Waals surface area contributed by atoms with Gasteiger partial charge in [-0.2, -0.15) is 0 Å². The number of nitrogens with two attached hydrogens (primary N) is 1. The lowest BCUT2D eigenvalue weighted by atomic mass is 10.1. The van der Waals surface area contributed by atoms with E-state index in [4.69, 9.17) is 10.2 Å². The minimum absolute atomic E-state index is 0.267. The number of anilines is 1. The Bertz CT molecular complexity index is 559. The first kappa shape index (κ1) is 14.2. The second-order valence-electron chi connectivity index (χ2n) is 5.67. The molecule has 2 heterocycles. The predicted octanol–water partition coefficient (Wildman–Crippen LogP) is 2.41. The van der Waals surface area contributed by atoms with Crippen molar-refractivity contribution in [3.05, 3.63) is 54.0 Å². The van der Waals surface area contributed by atoms with Gasteiger partial charge in [0.1, 0.15) is 0 Å². The first-order chi connectivity index (χ1) is 10.3.